The van der Waals surface area contributed by atoms with Gasteiger partial charge in [0.2, 0.25) is 0 Å². The van der Waals surface area contributed by atoms with Crippen LogP contribution in [0.4, 0.5) is 10.7 Å². The van der Waals surface area contributed by atoms with Crippen LogP contribution in [-0.2, 0) is 0 Å². The Morgan fingerprint density at radius 2 is 2.20 bits per heavy atom. The van der Waals surface area contributed by atoms with Crippen LogP contribution in [0.3, 0.4) is 0 Å². The van der Waals surface area contributed by atoms with Crippen molar-refractivity contribution >= 4 is 39.0 Å². The zero-order valence-electron chi connectivity index (χ0n) is 14.2. The highest BCUT2D eigenvalue weighted by atomic mass is 32.1. The molecule has 7 heteroatoms. The summed E-state index contributed by atoms with van der Waals surface area (Å²) in [7, 11) is 0. The number of amides is 1. The number of carbonyl (C=O) groups excluding carboxylic acids is 1. The van der Waals surface area contributed by atoms with Gasteiger partial charge >= 0.3 is 0 Å². The van der Waals surface area contributed by atoms with E-state index in [0.717, 1.165) is 28.1 Å². The van der Waals surface area contributed by atoms with Crippen molar-refractivity contribution in [3.63, 3.8) is 0 Å². The molecule has 132 valence electrons. The maximum Gasteiger partial charge on any atom is 0.254 e. The van der Waals surface area contributed by atoms with Crippen LogP contribution in [0.1, 0.15) is 30.6 Å². The highest BCUT2D eigenvalue weighted by Gasteiger charge is 2.18. The van der Waals surface area contributed by atoms with Crippen molar-refractivity contribution in [2.75, 3.05) is 11.9 Å². The molecule has 3 rings (SSSR count). The Labute approximate surface area is 150 Å². The number of pyridine rings is 1. The average Bonchev–Trinajstić information content (AvgIpc) is 3.23. The number of aliphatic hydroxyl groups excluding tert-OH is 1. The van der Waals surface area contributed by atoms with Crippen LogP contribution in [0, 0.1) is 5.92 Å². The molecule has 1 atom stereocenters. The van der Waals surface area contributed by atoms with Crippen molar-refractivity contribution in [1.82, 2.24) is 15.3 Å². The van der Waals surface area contributed by atoms with E-state index in [9.17, 15) is 9.90 Å². The molecule has 0 radical (unpaired) electrons. The number of nitrogens with zero attached hydrogens (tertiary/aromatic N) is 1. The monoisotopic (exact) mass is 358 g/mol. The van der Waals surface area contributed by atoms with Crippen LogP contribution >= 0.6 is 11.3 Å². The lowest BCUT2D eigenvalue weighted by Crippen LogP contribution is -2.38. The first-order valence-corrected chi connectivity index (χ1v) is 9.14. The number of rotatable bonds is 7. The number of hydrogen-bond acceptors (Lipinski definition) is 5. The number of anilines is 2. The maximum atomic E-state index is 12.6. The molecule has 0 aliphatic rings. The summed E-state index contributed by atoms with van der Waals surface area (Å²) in [4.78, 5) is 19.9. The molecule has 3 heterocycles. The predicted octanol–water partition coefficient (Wildman–Crippen LogP) is 3.50. The maximum absolute atomic E-state index is 12.6. The standard InChI is InChI=1S/C18H22N4O2S/c1-11(2)9-12(10-23)21-17(24)14-5-8-25-18(14)22-15-4-7-20-16-13(15)3-6-19-16/h3-8,11-12,23H,9-10H2,1-2H3,(H,21,24)(H2,19,20,22)/t12-/m0/s1. The van der Waals surface area contributed by atoms with Crippen molar-refractivity contribution in [2.45, 2.75) is 26.3 Å². The van der Waals surface area contributed by atoms with E-state index in [2.05, 4.69) is 34.4 Å². The van der Waals surface area contributed by atoms with Crippen LogP contribution in [0.25, 0.3) is 11.0 Å². The predicted molar refractivity (Wildman–Crippen MR) is 101 cm³/mol. The Morgan fingerprint density at radius 1 is 1.36 bits per heavy atom. The minimum atomic E-state index is -0.238. The third kappa shape index (κ3) is 4.00. The molecular formula is C18H22N4O2S. The Balaban J connectivity index is 1.78. The molecule has 0 bridgehead atoms. The fourth-order valence-corrected chi connectivity index (χ4v) is 3.59. The summed E-state index contributed by atoms with van der Waals surface area (Å²) in [5.41, 5.74) is 2.26. The minimum Gasteiger partial charge on any atom is -0.394 e. The minimum absolute atomic E-state index is 0.0643. The fourth-order valence-electron chi connectivity index (χ4n) is 2.79. The molecule has 4 N–H and O–H groups in total. The van der Waals surface area contributed by atoms with Crippen LogP contribution < -0.4 is 10.6 Å². The van der Waals surface area contributed by atoms with E-state index in [1.807, 2.05) is 23.7 Å². The van der Waals surface area contributed by atoms with Crippen molar-refractivity contribution in [3.8, 4) is 0 Å². The van der Waals surface area contributed by atoms with Gasteiger partial charge in [0.15, 0.2) is 0 Å². The largest absolute Gasteiger partial charge is 0.394 e. The summed E-state index contributed by atoms with van der Waals surface area (Å²) in [5.74, 6) is 0.221. The van der Waals surface area contributed by atoms with E-state index >= 15 is 0 Å². The molecule has 0 aliphatic carbocycles. The molecule has 0 aliphatic heterocycles. The number of carbonyl (C=O) groups is 1. The highest BCUT2D eigenvalue weighted by Crippen LogP contribution is 2.30. The van der Waals surface area contributed by atoms with E-state index < -0.39 is 0 Å². The molecule has 0 saturated heterocycles. The van der Waals surface area contributed by atoms with E-state index in [-0.39, 0.29) is 18.6 Å². The smallest absolute Gasteiger partial charge is 0.254 e. The molecule has 0 fully saturated rings. The summed E-state index contributed by atoms with van der Waals surface area (Å²) < 4.78 is 0. The van der Waals surface area contributed by atoms with Gasteiger partial charge in [-0.2, -0.15) is 0 Å². The number of nitrogens with one attached hydrogen (secondary N) is 3. The van der Waals surface area contributed by atoms with E-state index in [1.54, 1.807) is 12.3 Å². The zero-order valence-corrected chi connectivity index (χ0v) is 15.1. The number of fused-ring (bicyclic) bond motifs is 1. The Hall–Kier alpha value is -2.38. The van der Waals surface area contributed by atoms with E-state index in [4.69, 9.17) is 0 Å². The molecule has 3 aromatic heterocycles. The quantitative estimate of drug-likeness (QED) is 0.520. The Bertz CT molecular complexity index is 856. The normalized spacial score (nSPS) is 12.5. The SMILES string of the molecule is CC(C)C[C@@H](CO)NC(=O)c1ccsc1Nc1ccnc2[nH]ccc12. The molecule has 0 aromatic carbocycles. The number of thiophene rings is 1. The fraction of sp³-hybridized carbons (Fsp3) is 0.333. The van der Waals surface area contributed by atoms with Crippen LogP contribution in [0.15, 0.2) is 36.0 Å². The topological polar surface area (TPSA) is 90.0 Å². The van der Waals surface area contributed by atoms with Gasteiger partial charge in [-0.15, -0.1) is 11.3 Å². The summed E-state index contributed by atoms with van der Waals surface area (Å²) in [6.07, 6.45) is 4.30. The average molecular weight is 358 g/mol. The molecule has 6 nitrogen and oxygen atoms in total. The van der Waals surface area contributed by atoms with Gasteiger partial charge in [-0.25, -0.2) is 4.98 Å². The molecular weight excluding hydrogens is 336 g/mol. The second kappa shape index (κ2) is 7.67. The molecule has 0 unspecified atom stereocenters. The van der Waals surface area contributed by atoms with Crippen LogP contribution in [0.5, 0.6) is 0 Å². The van der Waals surface area contributed by atoms with Crippen molar-refractivity contribution in [2.24, 2.45) is 5.92 Å². The molecule has 0 saturated carbocycles. The number of aromatic amines is 1. The van der Waals surface area contributed by atoms with E-state index in [1.165, 1.54) is 11.3 Å². The number of H-pyrrole nitrogens is 1. The van der Waals surface area contributed by atoms with Gasteiger partial charge in [-0.05, 0) is 35.9 Å². The van der Waals surface area contributed by atoms with Gasteiger partial charge in [-0.3, -0.25) is 4.79 Å². The Morgan fingerprint density at radius 3 is 2.96 bits per heavy atom. The van der Waals surface area contributed by atoms with Crippen molar-refractivity contribution in [3.05, 3.63) is 41.5 Å². The first-order valence-electron chi connectivity index (χ1n) is 8.26. The van der Waals surface area contributed by atoms with Gasteiger partial charge in [0.05, 0.1) is 23.9 Å². The summed E-state index contributed by atoms with van der Waals surface area (Å²) in [5, 5.41) is 19.3. The molecule has 25 heavy (non-hydrogen) atoms. The molecule has 1 amide bonds. The van der Waals surface area contributed by atoms with Crippen LogP contribution in [0.2, 0.25) is 0 Å². The lowest BCUT2D eigenvalue weighted by Gasteiger charge is -2.18. The van der Waals surface area contributed by atoms with Crippen molar-refractivity contribution in [1.29, 1.82) is 0 Å². The molecule has 0 spiro atoms. The van der Waals surface area contributed by atoms with Gasteiger partial charge < -0.3 is 20.7 Å². The van der Waals surface area contributed by atoms with Crippen molar-refractivity contribution < 1.29 is 9.90 Å². The zero-order chi connectivity index (χ0) is 17.8. The highest BCUT2D eigenvalue weighted by molar-refractivity contribution is 7.14. The van der Waals surface area contributed by atoms with Gasteiger partial charge in [0, 0.05) is 17.8 Å². The molecule has 3 aromatic rings. The number of aliphatic hydroxyl groups is 1. The lowest BCUT2D eigenvalue weighted by atomic mass is 10.0. The van der Waals surface area contributed by atoms with E-state index in [0.29, 0.717) is 11.5 Å². The lowest BCUT2D eigenvalue weighted by molar-refractivity contribution is 0.0909. The second-order valence-corrected chi connectivity index (χ2v) is 7.29. The number of hydrogen-bond donors (Lipinski definition) is 4. The summed E-state index contributed by atoms with van der Waals surface area (Å²) >= 11 is 1.47. The summed E-state index contributed by atoms with van der Waals surface area (Å²) in [6, 6.07) is 5.38. The second-order valence-electron chi connectivity index (χ2n) is 6.37. The third-order valence-corrected chi connectivity index (χ3v) is 4.76. The van der Waals surface area contributed by atoms with Gasteiger partial charge in [-0.1, -0.05) is 13.8 Å². The first-order chi connectivity index (χ1) is 12.1. The number of aromatic nitrogens is 2. The first kappa shape index (κ1) is 17.4. The van der Waals surface area contributed by atoms with Gasteiger partial charge in [0.25, 0.3) is 5.91 Å². The summed E-state index contributed by atoms with van der Waals surface area (Å²) in [6.45, 7) is 4.07. The van der Waals surface area contributed by atoms with Crippen LogP contribution in [-0.4, -0.2) is 33.6 Å². The third-order valence-electron chi connectivity index (χ3n) is 3.93. The van der Waals surface area contributed by atoms with Gasteiger partial charge in [0.1, 0.15) is 10.6 Å². The Kier molecular flexibility index (Phi) is 5.35.